The highest BCUT2D eigenvalue weighted by Crippen LogP contribution is 2.39. The Morgan fingerprint density at radius 1 is 1.06 bits per heavy atom. The Morgan fingerprint density at radius 3 is 2.38 bits per heavy atom. The largest absolute Gasteiger partial charge is 0.454 e. The Labute approximate surface area is 203 Å². The lowest BCUT2D eigenvalue weighted by atomic mass is 9.78. The van der Waals surface area contributed by atoms with Gasteiger partial charge < -0.3 is 14.8 Å². The summed E-state index contributed by atoms with van der Waals surface area (Å²) in [5, 5.41) is 3.74. The number of urea groups is 1. The molecular weight excluding hydrogens is 454 g/mol. The van der Waals surface area contributed by atoms with Crippen molar-refractivity contribution in [2.45, 2.75) is 50.7 Å². The number of nitrogens with one attached hydrogen (secondary N) is 1. The number of carbonyl (C=O) groups excluding carboxylic acids is 2. The lowest BCUT2D eigenvalue weighted by Crippen LogP contribution is -2.54. The van der Waals surface area contributed by atoms with E-state index >= 15 is 0 Å². The third-order valence-corrected chi connectivity index (χ3v) is 8.33. The quantitative estimate of drug-likeness (QED) is 0.673. The van der Waals surface area contributed by atoms with Gasteiger partial charge in [-0.3, -0.25) is 14.6 Å². The van der Waals surface area contributed by atoms with Crippen molar-refractivity contribution in [2.75, 3.05) is 19.9 Å². The molecule has 0 aromatic heterocycles. The molecule has 0 bridgehead atoms. The van der Waals surface area contributed by atoms with Gasteiger partial charge in [0.2, 0.25) is 6.79 Å². The fourth-order valence-corrected chi connectivity index (χ4v) is 6.21. The van der Waals surface area contributed by atoms with Crippen LogP contribution in [0.15, 0.2) is 36.4 Å². The number of rotatable bonds is 4. The van der Waals surface area contributed by atoms with Crippen LogP contribution in [-0.4, -0.2) is 53.2 Å². The second kappa shape index (κ2) is 8.17. The van der Waals surface area contributed by atoms with Gasteiger partial charge in [0.05, 0.1) is 0 Å². The molecule has 0 spiro atoms. The fourth-order valence-electron chi connectivity index (χ4n) is 5.99. The van der Waals surface area contributed by atoms with Crippen molar-refractivity contribution in [1.82, 2.24) is 15.1 Å². The van der Waals surface area contributed by atoms with E-state index in [1.54, 1.807) is 0 Å². The maximum Gasteiger partial charge on any atom is 0.325 e. The molecule has 2 aromatic carbocycles. The number of ether oxygens (including phenoxy) is 2. The van der Waals surface area contributed by atoms with Gasteiger partial charge >= 0.3 is 6.03 Å². The normalized spacial score (nSPS) is 25.2. The van der Waals surface area contributed by atoms with Crippen LogP contribution >= 0.6 is 11.6 Å². The van der Waals surface area contributed by atoms with Crippen molar-refractivity contribution >= 4 is 23.5 Å². The van der Waals surface area contributed by atoms with Gasteiger partial charge in [-0.05, 0) is 74.4 Å². The molecule has 0 radical (unpaired) electrons. The summed E-state index contributed by atoms with van der Waals surface area (Å²) in [6.45, 7) is 4.52. The fraction of sp³-hybridized carbons (Fsp3) is 0.462. The first-order valence-corrected chi connectivity index (χ1v) is 12.3. The highest BCUT2D eigenvalue weighted by atomic mass is 35.5. The number of hydrogen-bond acceptors (Lipinski definition) is 5. The third-order valence-electron chi connectivity index (χ3n) is 7.98. The van der Waals surface area contributed by atoms with Crippen LogP contribution in [0, 0.1) is 5.92 Å². The number of carbonyl (C=O) groups is 2. The number of likely N-dealkylation sites (tertiary alicyclic amines) is 1. The van der Waals surface area contributed by atoms with Crippen molar-refractivity contribution in [3.63, 3.8) is 0 Å². The zero-order chi connectivity index (χ0) is 23.4. The van der Waals surface area contributed by atoms with Crippen molar-refractivity contribution in [2.24, 2.45) is 5.92 Å². The molecule has 7 nitrogen and oxygen atoms in total. The highest BCUT2D eigenvalue weighted by molar-refractivity contribution is 6.31. The van der Waals surface area contributed by atoms with E-state index in [0.29, 0.717) is 17.3 Å². The number of imide groups is 1. The Balaban J connectivity index is 1.11. The van der Waals surface area contributed by atoms with E-state index in [9.17, 15) is 9.59 Å². The Hall–Kier alpha value is -2.77. The lowest BCUT2D eigenvalue weighted by Gasteiger charge is -2.39. The molecule has 4 aliphatic rings. The SMILES string of the molecule is C[C@]1(C2CCN(Cc3cc4c(cc3Cl)OCO4)CC2)NC(=O)N(C2Cc3ccccc3C2)C1=O. The zero-order valence-electron chi connectivity index (χ0n) is 19.2. The van der Waals surface area contributed by atoms with Crippen LogP contribution in [0.4, 0.5) is 4.79 Å². The summed E-state index contributed by atoms with van der Waals surface area (Å²) in [6, 6.07) is 11.6. The topological polar surface area (TPSA) is 71.1 Å². The molecule has 1 atom stereocenters. The van der Waals surface area contributed by atoms with Crippen LogP contribution in [0.3, 0.4) is 0 Å². The molecule has 1 aliphatic carbocycles. The average Bonchev–Trinajstić information content (AvgIpc) is 3.51. The average molecular weight is 482 g/mol. The first-order valence-electron chi connectivity index (χ1n) is 12.0. The van der Waals surface area contributed by atoms with Gasteiger partial charge in [-0.2, -0.15) is 0 Å². The Kier molecular flexibility index (Phi) is 5.22. The van der Waals surface area contributed by atoms with Crippen molar-refractivity contribution in [1.29, 1.82) is 0 Å². The summed E-state index contributed by atoms with van der Waals surface area (Å²) in [5.41, 5.74) is 2.62. The molecule has 2 saturated heterocycles. The van der Waals surface area contributed by atoms with Gasteiger partial charge in [0.1, 0.15) is 5.54 Å². The highest BCUT2D eigenvalue weighted by Gasteiger charge is 2.55. The van der Waals surface area contributed by atoms with E-state index in [1.165, 1.54) is 16.0 Å². The molecule has 0 saturated carbocycles. The first-order chi connectivity index (χ1) is 16.4. The predicted molar refractivity (Wildman–Crippen MR) is 127 cm³/mol. The summed E-state index contributed by atoms with van der Waals surface area (Å²) in [4.78, 5) is 30.4. The van der Waals surface area contributed by atoms with E-state index in [0.717, 1.165) is 50.1 Å². The molecule has 2 aromatic rings. The van der Waals surface area contributed by atoms with Gasteiger partial charge in [0.15, 0.2) is 11.5 Å². The molecular formula is C26H28ClN3O4. The van der Waals surface area contributed by atoms with Crippen LogP contribution in [0.1, 0.15) is 36.5 Å². The minimum absolute atomic E-state index is 0.0763. The third kappa shape index (κ3) is 3.53. The van der Waals surface area contributed by atoms with Crippen LogP contribution in [0.25, 0.3) is 0 Å². The Bertz CT molecular complexity index is 1140. The number of fused-ring (bicyclic) bond motifs is 2. The molecule has 1 N–H and O–H groups in total. The van der Waals surface area contributed by atoms with Crippen molar-refractivity contribution in [3.05, 3.63) is 58.1 Å². The zero-order valence-corrected chi connectivity index (χ0v) is 19.9. The first kappa shape index (κ1) is 21.7. The number of hydrogen-bond donors (Lipinski definition) is 1. The number of benzene rings is 2. The summed E-state index contributed by atoms with van der Waals surface area (Å²) >= 11 is 6.47. The van der Waals surface area contributed by atoms with Gasteiger partial charge in [-0.15, -0.1) is 0 Å². The molecule has 6 rings (SSSR count). The monoisotopic (exact) mass is 481 g/mol. The van der Waals surface area contributed by atoms with E-state index in [2.05, 4.69) is 22.3 Å². The standard InChI is InChI=1S/C26H28ClN3O4/c1-26(24(31)30(25(32)28-26)20-10-16-4-2-3-5-17(16)11-20)19-6-8-29(9-7-19)14-18-12-22-23(13-21(18)27)34-15-33-22/h2-5,12-13,19-20H,6-11,14-15H2,1H3,(H,28,32)/t26-/m1/s1. The van der Waals surface area contributed by atoms with E-state index in [-0.39, 0.29) is 30.7 Å². The predicted octanol–water partition coefficient (Wildman–Crippen LogP) is 3.76. The van der Waals surface area contributed by atoms with Crippen LogP contribution < -0.4 is 14.8 Å². The summed E-state index contributed by atoms with van der Waals surface area (Å²) in [7, 11) is 0. The second-order valence-corrected chi connectivity index (χ2v) is 10.4. The van der Waals surface area contributed by atoms with Crippen LogP contribution in [0.2, 0.25) is 5.02 Å². The number of piperidine rings is 1. The second-order valence-electron chi connectivity index (χ2n) is 9.99. The van der Waals surface area contributed by atoms with Crippen LogP contribution in [0.5, 0.6) is 11.5 Å². The maximum absolute atomic E-state index is 13.6. The maximum atomic E-state index is 13.6. The van der Waals surface area contributed by atoms with Crippen LogP contribution in [-0.2, 0) is 24.2 Å². The molecule has 0 unspecified atom stereocenters. The molecule has 34 heavy (non-hydrogen) atoms. The molecule has 8 heteroatoms. The van der Waals surface area contributed by atoms with Crippen molar-refractivity contribution < 1.29 is 19.1 Å². The van der Waals surface area contributed by atoms with Gasteiger partial charge in [0, 0.05) is 23.7 Å². The number of amides is 3. The van der Waals surface area contributed by atoms with Gasteiger partial charge in [-0.1, -0.05) is 35.9 Å². The minimum Gasteiger partial charge on any atom is -0.454 e. The number of halogens is 1. The Morgan fingerprint density at radius 2 is 1.71 bits per heavy atom. The van der Waals surface area contributed by atoms with E-state index < -0.39 is 5.54 Å². The molecule has 178 valence electrons. The number of nitrogens with zero attached hydrogens (tertiary/aromatic N) is 2. The molecule has 3 aliphatic heterocycles. The molecule has 3 heterocycles. The summed E-state index contributed by atoms with van der Waals surface area (Å²) in [6.07, 6.45) is 3.15. The summed E-state index contributed by atoms with van der Waals surface area (Å²) < 4.78 is 10.9. The molecule has 3 amide bonds. The van der Waals surface area contributed by atoms with Gasteiger partial charge in [0.25, 0.3) is 5.91 Å². The van der Waals surface area contributed by atoms with E-state index in [1.807, 2.05) is 31.2 Å². The lowest BCUT2D eigenvalue weighted by molar-refractivity contribution is -0.134. The summed E-state index contributed by atoms with van der Waals surface area (Å²) in [5.74, 6) is 1.44. The van der Waals surface area contributed by atoms with Gasteiger partial charge in [-0.25, -0.2) is 4.79 Å². The van der Waals surface area contributed by atoms with E-state index in [4.69, 9.17) is 21.1 Å². The molecule has 2 fully saturated rings. The minimum atomic E-state index is -0.853. The van der Waals surface area contributed by atoms with Crippen molar-refractivity contribution in [3.8, 4) is 11.5 Å². The smallest absolute Gasteiger partial charge is 0.325 e.